The first-order valence-corrected chi connectivity index (χ1v) is 5.57. The van der Waals surface area contributed by atoms with Crippen LogP contribution >= 0.6 is 0 Å². The summed E-state index contributed by atoms with van der Waals surface area (Å²) in [6.07, 6.45) is 0. The quantitative estimate of drug-likeness (QED) is 0.848. The van der Waals surface area contributed by atoms with Gasteiger partial charge in [-0.25, -0.2) is 0 Å². The number of hydrogen-bond donors (Lipinski definition) is 1. The van der Waals surface area contributed by atoms with Gasteiger partial charge in [-0.2, -0.15) is 5.26 Å². The van der Waals surface area contributed by atoms with Crippen LogP contribution in [0.15, 0.2) is 48.5 Å². The third-order valence-electron chi connectivity index (χ3n) is 2.78. The molecule has 0 aliphatic rings. The monoisotopic (exact) mass is 222 g/mol. The summed E-state index contributed by atoms with van der Waals surface area (Å²) in [6.45, 7) is 1.97. The van der Waals surface area contributed by atoms with E-state index in [1.165, 1.54) is 0 Å². The molecule has 0 spiro atoms. The second kappa shape index (κ2) is 4.82. The largest absolute Gasteiger partial charge is 0.324 e. The van der Waals surface area contributed by atoms with E-state index in [1.807, 2.05) is 43.3 Å². The van der Waals surface area contributed by atoms with Crippen molar-refractivity contribution < 1.29 is 0 Å². The molecule has 0 aliphatic carbocycles. The first kappa shape index (κ1) is 11.4. The summed E-state index contributed by atoms with van der Waals surface area (Å²) in [6, 6.07) is 17.9. The minimum absolute atomic E-state index is 0.0602. The Morgan fingerprint density at radius 2 is 1.41 bits per heavy atom. The van der Waals surface area contributed by atoms with Crippen LogP contribution < -0.4 is 5.73 Å². The van der Waals surface area contributed by atoms with Crippen molar-refractivity contribution in [3.63, 3.8) is 0 Å². The van der Waals surface area contributed by atoms with Crippen molar-refractivity contribution in [3.8, 4) is 17.2 Å². The van der Waals surface area contributed by atoms with E-state index in [1.54, 1.807) is 0 Å². The molecule has 0 aliphatic heterocycles. The molecule has 0 saturated carbocycles. The van der Waals surface area contributed by atoms with Gasteiger partial charge in [0.2, 0.25) is 0 Å². The highest BCUT2D eigenvalue weighted by molar-refractivity contribution is 5.64. The Morgan fingerprint density at radius 3 is 1.82 bits per heavy atom. The molecule has 2 nitrogen and oxygen atoms in total. The predicted molar refractivity (Wildman–Crippen MR) is 69.2 cm³/mol. The van der Waals surface area contributed by atoms with Crippen LogP contribution in [0.1, 0.15) is 24.1 Å². The second-order valence-corrected chi connectivity index (χ2v) is 4.10. The van der Waals surface area contributed by atoms with Crippen LogP contribution in [0.3, 0.4) is 0 Å². The van der Waals surface area contributed by atoms with Crippen LogP contribution in [0, 0.1) is 11.3 Å². The second-order valence-electron chi connectivity index (χ2n) is 4.10. The highest BCUT2D eigenvalue weighted by atomic mass is 14.6. The molecule has 1 atom stereocenters. The Bertz CT molecular complexity index is 531. The number of nitrogens with zero attached hydrogens (tertiary/aromatic N) is 1. The Morgan fingerprint density at radius 1 is 0.941 bits per heavy atom. The summed E-state index contributed by atoms with van der Waals surface area (Å²) < 4.78 is 0. The summed E-state index contributed by atoms with van der Waals surface area (Å²) in [5.41, 5.74) is 9.86. The Labute approximate surface area is 101 Å². The first-order valence-electron chi connectivity index (χ1n) is 5.57. The number of nitrogens with two attached hydrogens (primary N) is 1. The molecule has 0 heterocycles. The normalized spacial score (nSPS) is 11.8. The van der Waals surface area contributed by atoms with E-state index in [2.05, 4.69) is 18.2 Å². The fraction of sp³-hybridized carbons (Fsp3) is 0.133. The van der Waals surface area contributed by atoms with E-state index in [-0.39, 0.29) is 6.04 Å². The molecule has 84 valence electrons. The van der Waals surface area contributed by atoms with E-state index in [0.717, 1.165) is 16.7 Å². The third-order valence-corrected chi connectivity index (χ3v) is 2.78. The van der Waals surface area contributed by atoms with Crippen molar-refractivity contribution in [1.29, 1.82) is 5.26 Å². The molecule has 0 unspecified atom stereocenters. The van der Waals surface area contributed by atoms with Crippen LogP contribution in [0.4, 0.5) is 0 Å². The number of nitriles is 1. The van der Waals surface area contributed by atoms with Gasteiger partial charge in [-0.1, -0.05) is 36.4 Å². The average molecular weight is 222 g/mol. The molecule has 0 aromatic heterocycles. The van der Waals surface area contributed by atoms with Gasteiger partial charge in [-0.3, -0.25) is 0 Å². The lowest BCUT2D eigenvalue weighted by Crippen LogP contribution is -2.04. The van der Waals surface area contributed by atoms with Crippen molar-refractivity contribution in [2.24, 2.45) is 5.73 Å². The maximum absolute atomic E-state index is 8.73. The molecule has 2 N–H and O–H groups in total. The number of benzene rings is 2. The average Bonchev–Trinajstić information content (AvgIpc) is 2.39. The fourth-order valence-corrected chi connectivity index (χ4v) is 1.72. The molecule has 2 aromatic carbocycles. The first-order chi connectivity index (χ1) is 8.20. The maximum Gasteiger partial charge on any atom is 0.0991 e. The Hall–Kier alpha value is -2.11. The van der Waals surface area contributed by atoms with Gasteiger partial charge in [0.1, 0.15) is 0 Å². The van der Waals surface area contributed by atoms with Crippen molar-refractivity contribution >= 4 is 0 Å². The highest BCUT2D eigenvalue weighted by Crippen LogP contribution is 2.21. The lowest BCUT2D eigenvalue weighted by molar-refractivity contribution is 0.818. The van der Waals surface area contributed by atoms with Crippen LogP contribution in [-0.4, -0.2) is 0 Å². The van der Waals surface area contributed by atoms with Gasteiger partial charge in [-0.05, 0) is 35.7 Å². The zero-order valence-electron chi connectivity index (χ0n) is 9.72. The van der Waals surface area contributed by atoms with Gasteiger partial charge >= 0.3 is 0 Å². The molecule has 0 bridgehead atoms. The van der Waals surface area contributed by atoms with Crippen molar-refractivity contribution in [2.45, 2.75) is 13.0 Å². The molecule has 0 amide bonds. The van der Waals surface area contributed by atoms with Gasteiger partial charge in [0.15, 0.2) is 0 Å². The molecular weight excluding hydrogens is 208 g/mol. The smallest absolute Gasteiger partial charge is 0.0991 e. The lowest BCUT2D eigenvalue weighted by Gasteiger charge is -2.07. The third kappa shape index (κ3) is 2.52. The van der Waals surface area contributed by atoms with E-state index in [4.69, 9.17) is 11.0 Å². The molecule has 0 saturated heterocycles. The van der Waals surface area contributed by atoms with Crippen molar-refractivity contribution in [3.05, 3.63) is 59.7 Å². The SMILES string of the molecule is C[C@H](N)c1ccc(-c2ccc(C#N)cc2)cc1. The van der Waals surface area contributed by atoms with E-state index < -0.39 is 0 Å². The minimum Gasteiger partial charge on any atom is -0.324 e. The summed E-state index contributed by atoms with van der Waals surface area (Å²) >= 11 is 0. The maximum atomic E-state index is 8.73. The van der Waals surface area contributed by atoms with Crippen molar-refractivity contribution in [2.75, 3.05) is 0 Å². The van der Waals surface area contributed by atoms with Crippen LogP contribution in [0.25, 0.3) is 11.1 Å². The molecule has 0 radical (unpaired) electrons. The predicted octanol–water partition coefficient (Wildman–Crippen LogP) is 3.24. The molecule has 2 rings (SSSR count). The van der Waals surface area contributed by atoms with Crippen LogP contribution in [0.2, 0.25) is 0 Å². The van der Waals surface area contributed by atoms with Crippen LogP contribution in [-0.2, 0) is 0 Å². The summed E-state index contributed by atoms with van der Waals surface area (Å²) in [4.78, 5) is 0. The van der Waals surface area contributed by atoms with Crippen LogP contribution in [0.5, 0.6) is 0 Å². The summed E-state index contributed by atoms with van der Waals surface area (Å²) in [7, 11) is 0. The van der Waals surface area contributed by atoms with Crippen molar-refractivity contribution in [1.82, 2.24) is 0 Å². The van der Waals surface area contributed by atoms with E-state index in [0.29, 0.717) is 5.56 Å². The lowest BCUT2D eigenvalue weighted by atomic mass is 10.0. The molecule has 0 fully saturated rings. The molecule has 17 heavy (non-hydrogen) atoms. The zero-order valence-corrected chi connectivity index (χ0v) is 9.72. The zero-order chi connectivity index (χ0) is 12.3. The fourth-order valence-electron chi connectivity index (χ4n) is 1.72. The molecular formula is C15H14N2. The van der Waals surface area contributed by atoms with Gasteiger partial charge in [0.05, 0.1) is 11.6 Å². The van der Waals surface area contributed by atoms with E-state index >= 15 is 0 Å². The van der Waals surface area contributed by atoms with Gasteiger partial charge < -0.3 is 5.73 Å². The molecule has 2 heteroatoms. The summed E-state index contributed by atoms with van der Waals surface area (Å²) in [5, 5.41) is 8.73. The van der Waals surface area contributed by atoms with Gasteiger partial charge in [-0.15, -0.1) is 0 Å². The Balaban J connectivity index is 2.30. The Kier molecular flexibility index (Phi) is 3.22. The van der Waals surface area contributed by atoms with Gasteiger partial charge in [0.25, 0.3) is 0 Å². The number of rotatable bonds is 2. The highest BCUT2D eigenvalue weighted by Gasteiger charge is 2.01. The molecule has 2 aromatic rings. The minimum atomic E-state index is 0.0602. The van der Waals surface area contributed by atoms with Gasteiger partial charge in [0, 0.05) is 6.04 Å². The number of hydrogen-bond acceptors (Lipinski definition) is 2. The standard InChI is InChI=1S/C15H14N2/c1-11(17)13-6-8-15(9-7-13)14-4-2-12(10-16)3-5-14/h2-9,11H,17H2,1H3/t11-/m0/s1. The summed E-state index contributed by atoms with van der Waals surface area (Å²) in [5.74, 6) is 0. The van der Waals surface area contributed by atoms with E-state index in [9.17, 15) is 0 Å². The topological polar surface area (TPSA) is 49.8 Å².